The van der Waals surface area contributed by atoms with Gasteiger partial charge in [-0.3, -0.25) is 9.59 Å². The Morgan fingerprint density at radius 1 is 1.11 bits per heavy atom. The first-order chi connectivity index (χ1) is 13.3. The van der Waals surface area contributed by atoms with E-state index in [1.54, 1.807) is 4.90 Å². The molecule has 1 saturated heterocycles. The van der Waals surface area contributed by atoms with E-state index in [1.807, 2.05) is 30.3 Å². The molecule has 1 aliphatic rings. The zero-order chi connectivity index (χ0) is 20.3. The van der Waals surface area contributed by atoms with E-state index < -0.39 is 24.2 Å². The second-order valence-corrected chi connectivity index (χ2v) is 6.07. The Bertz CT molecular complexity index is 834. The zero-order valence-electron chi connectivity index (χ0n) is 14.8. The van der Waals surface area contributed by atoms with Crippen molar-refractivity contribution in [1.29, 1.82) is 0 Å². The number of piperazine rings is 1. The van der Waals surface area contributed by atoms with Gasteiger partial charge in [0.25, 0.3) is 12.0 Å². The lowest BCUT2D eigenvalue weighted by atomic mass is 10.2. The molecular formula is C16H17F3N6O3. The molecule has 0 aliphatic carbocycles. The van der Waals surface area contributed by atoms with Crippen LogP contribution in [0.15, 0.2) is 30.3 Å². The Hall–Kier alpha value is -3.18. The van der Waals surface area contributed by atoms with Crippen molar-refractivity contribution < 1.29 is 27.5 Å². The van der Waals surface area contributed by atoms with Gasteiger partial charge in [-0.2, -0.15) is 17.9 Å². The number of ether oxygens (including phenoxy) is 1. The monoisotopic (exact) mass is 398 g/mol. The van der Waals surface area contributed by atoms with Crippen LogP contribution in [0.5, 0.6) is 0 Å². The van der Waals surface area contributed by atoms with Crippen molar-refractivity contribution in [2.45, 2.75) is 19.2 Å². The molecule has 0 spiro atoms. The maximum atomic E-state index is 13.1. The summed E-state index contributed by atoms with van der Waals surface area (Å²) in [4.78, 5) is 26.0. The molecule has 3 rings (SSSR count). The van der Waals surface area contributed by atoms with Crippen LogP contribution in [-0.2, 0) is 14.3 Å². The Morgan fingerprint density at radius 3 is 2.32 bits per heavy atom. The number of hydrogen-bond acceptors (Lipinski definition) is 7. The minimum Gasteiger partial charge on any atom is -0.443 e. The number of halogens is 3. The number of esters is 1. The van der Waals surface area contributed by atoms with Crippen molar-refractivity contribution in [3.8, 4) is 5.69 Å². The average Bonchev–Trinajstić information content (AvgIpc) is 3.15. The normalized spacial score (nSPS) is 16.0. The van der Waals surface area contributed by atoms with Crippen LogP contribution in [0.25, 0.3) is 5.69 Å². The number of rotatable bonds is 4. The summed E-state index contributed by atoms with van der Waals surface area (Å²) in [6.07, 6.45) is -7.77. The highest BCUT2D eigenvalue weighted by molar-refractivity contribution is 5.84. The van der Waals surface area contributed by atoms with Crippen LogP contribution >= 0.6 is 0 Å². The molecule has 0 saturated carbocycles. The van der Waals surface area contributed by atoms with Gasteiger partial charge in [0.15, 0.2) is 0 Å². The molecule has 12 heteroatoms. The summed E-state index contributed by atoms with van der Waals surface area (Å²) in [6.45, 7) is 1.29. The van der Waals surface area contributed by atoms with E-state index in [0.717, 1.165) is 17.5 Å². The van der Waals surface area contributed by atoms with Crippen LogP contribution in [0.4, 0.5) is 19.1 Å². The van der Waals surface area contributed by atoms with Crippen LogP contribution in [0.2, 0.25) is 0 Å². The number of anilines is 1. The number of alkyl halides is 3. The molecule has 0 radical (unpaired) electrons. The second-order valence-electron chi connectivity index (χ2n) is 6.07. The number of amides is 1. The molecule has 0 bridgehead atoms. The maximum Gasteiger partial charge on any atom is 0.434 e. The fourth-order valence-corrected chi connectivity index (χ4v) is 2.83. The number of tetrazole rings is 1. The van der Waals surface area contributed by atoms with E-state index in [-0.39, 0.29) is 26.2 Å². The standard InChI is InChI=1S/C16H17F3N6O3/c1-11(26)28-13(16(17,18)19)14(27)23-7-9-24(10-8-23)15-20-21-22-25(15)12-5-3-2-4-6-12/h2-6,13H,7-10H2,1H3/t13-/m0/s1. The first kappa shape index (κ1) is 19.6. The fraction of sp³-hybridized carbons (Fsp3) is 0.438. The summed E-state index contributed by atoms with van der Waals surface area (Å²) in [5.74, 6) is -2.04. The third-order valence-electron chi connectivity index (χ3n) is 4.13. The van der Waals surface area contributed by atoms with E-state index in [0.29, 0.717) is 5.95 Å². The number of hydrogen-bond donors (Lipinski definition) is 0. The van der Waals surface area contributed by atoms with Gasteiger partial charge in [0.2, 0.25) is 5.95 Å². The van der Waals surface area contributed by atoms with Gasteiger partial charge in [-0.1, -0.05) is 23.3 Å². The van der Waals surface area contributed by atoms with E-state index in [2.05, 4.69) is 20.3 Å². The molecule has 28 heavy (non-hydrogen) atoms. The lowest BCUT2D eigenvalue weighted by molar-refractivity contribution is -0.223. The number of aromatic nitrogens is 4. The molecular weight excluding hydrogens is 381 g/mol. The molecule has 0 N–H and O–H groups in total. The highest BCUT2D eigenvalue weighted by Crippen LogP contribution is 2.26. The summed E-state index contributed by atoms with van der Waals surface area (Å²) >= 11 is 0. The van der Waals surface area contributed by atoms with Crippen LogP contribution in [0.3, 0.4) is 0 Å². The SMILES string of the molecule is CC(=O)O[C@@H](C(=O)N1CCN(c2nnnn2-c2ccccc2)CC1)C(F)(F)F. The third-order valence-corrected chi connectivity index (χ3v) is 4.13. The first-order valence-electron chi connectivity index (χ1n) is 8.39. The van der Waals surface area contributed by atoms with Gasteiger partial charge in [0.05, 0.1) is 5.69 Å². The van der Waals surface area contributed by atoms with E-state index >= 15 is 0 Å². The molecule has 1 atom stereocenters. The summed E-state index contributed by atoms with van der Waals surface area (Å²) in [7, 11) is 0. The van der Waals surface area contributed by atoms with Gasteiger partial charge in [-0.25, -0.2) is 0 Å². The largest absolute Gasteiger partial charge is 0.443 e. The molecule has 0 unspecified atom stereocenters. The predicted octanol–water partition coefficient (Wildman–Crippen LogP) is 0.805. The van der Waals surface area contributed by atoms with E-state index in [1.165, 1.54) is 4.68 Å². The topological polar surface area (TPSA) is 93.5 Å². The van der Waals surface area contributed by atoms with Gasteiger partial charge in [0.1, 0.15) is 0 Å². The molecule has 2 heterocycles. The van der Waals surface area contributed by atoms with Gasteiger partial charge in [0, 0.05) is 33.1 Å². The average molecular weight is 398 g/mol. The Kier molecular flexibility index (Phi) is 5.47. The zero-order valence-corrected chi connectivity index (χ0v) is 14.8. The van der Waals surface area contributed by atoms with Crippen molar-refractivity contribution in [2.24, 2.45) is 0 Å². The number of nitrogens with zero attached hydrogens (tertiary/aromatic N) is 6. The molecule has 2 aromatic rings. The van der Waals surface area contributed by atoms with Crippen molar-refractivity contribution >= 4 is 17.8 Å². The highest BCUT2D eigenvalue weighted by Gasteiger charge is 2.49. The lowest BCUT2D eigenvalue weighted by Crippen LogP contribution is -2.55. The Labute approximate surface area is 157 Å². The van der Waals surface area contributed by atoms with Crippen LogP contribution in [-0.4, -0.2) is 75.4 Å². The quantitative estimate of drug-likeness (QED) is 0.704. The molecule has 1 aromatic heterocycles. The fourth-order valence-electron chi connectivity index (χ4n) is 2.83. The first-order valence-corrected chi connectivity index (χ1v) is 8.39. The molecule has 150 valence electrons. The number of carbonyl (C=O) groups is 2. The highest BCUT2D eigenvalue weighted by atomic mass is 19.4. The van der Waals surface area contributed by atoms with E-state index in [4.69, 9.17) is 0 Å². The number of para-hydroxylation sites is 1. The van der Waals surface area contributed by atoms with Crippen molar-refractivity contribution in [2.75, 3.05) is 31.1 Å². The van der Waals surface area contributed by atoms with Gasteiger partial charge in [-0.15, -0.1) is 0 Å². The summed E-state index contributed by atoms with van der Waals surface area (Å²) in [5.41, 5.74) is 0.730. The van der Waals surface area contributed by atoms with Crippen molar-refractivity contribution in [1.82, 2.24) is 25.1 Å². The van der Waals surface area contributed by atoms with Crippen molar-refractivity contribution in [3.05, 3.63) is 30.3 Å². The van der Waals surface area contributed by atoms with Crippen LogP contribution < -0.4 is 4.90 Å². The minimum atomic E-state index is -4.97. The molecule has 1 fully saturated rings. The lowest BCUT2D eigenvalue weighted by Gasteiger charge is -2.36. The smallest absolute Gasteiger partial charge is 0.434 e. The van der Waals surface area contributed by atoms with Crippen LogP contribution in [0, 0.1) is 0 Å². The molecule has 1 aliphatic heterocycles. The summed E-state index contributed by atoms with van der Waals surface area (Å²) in [6, 6.07) is 9.12. The summed E-state index contributed by atoms with van der Waals surface area (Å²) < 4.78 is 44.9. The van der Waals surface area contributed by atoms with Crippen LogP contribution in [0.1, 0.15) is 6.92 Å². The number of benzene rings is 1. The van der Waals surface area contributed by atoms with Gasteiger partial charge >= 0.3 is 12.1 Å². The number of carbonyl (C=O) groups excluding carboxylic acids is 2. The van der Waals surface area contributed by atoms with E-state index in [9.17, 15) is 22.8 Å². The Morgan fingerprint density at radius 2 is 1.75 bits per heavy atom. The second kappa shape index (κ2) is 7.82. The van der Waals surface area contributed by atoms with Gasteiger partial charge in [-0.05, 0) is 22.6 Å². The predicted molar refractivity (Wildman–Crippen MR) is 89.6 cm³/mol. The maximum absolute atomic E-state index is 13.1. The molecule has 9 nitrogen and oxygen atoms in total. The Balaban J connectivity index is 1.69. The molecule has 1 aromatic carbocycles. The third kappa shape index (κ3) is 4.21. The van der Waals surface area contributed by atoms with Gasteiger partial charge < -0.3 is 14.5 Å². The summed E-state index contributed by atoms with van der Waals surface area (Å²) in [5, 5.41) is 11.6. The minimum absolute atomic E-state index is 0.00826. The van der Waals surface area contributed by atoms with Crippen molar-refractivity contribution in [3.63, 3.8) is 0 Å². The molecule has 1 amide bonds.